The van der Waals surface area contributed by atoms with Gasteiger partial charge in [0.1, 0.15) is 5.54 Å². The average molecular weight is 283 g/mol. The first-order chi connectivity index (χ1) is 10.2. The van der Waals surface area contributed by atoms with Crippen LogP contribution in [0.4, 0.5) is 0 Å². The average Bonchev–Trinajstić information content (AvgIpc) is 2.87. The van der Waals surface area contributed by atoms with Crippen LogP contribution >= 0.6 is 0 Å². The van der Waals surface area contributed by atoms with E-state index in [-0.39, 0.29) is 5.54 Å². The molecule has 2 saturated heterocycles. The van der Waals surface area contributed by atoms with Crippen molar-refractivity contribution in [3.63, 3.8) is 0 Å². The smallest absolute Gasteiger partial charge is 0.123 e. The molecular weight excluding hydrogens is 258 g/mol. The largest absolute Gasteiger partial charge is 0.293 e. The van der Waals surface area contributed by atoms with Gasteiger partial charge < -0.3 is 0 Å². The molecule has 3 nitrogen and oxygen atoms in total. The van der Waals surface area contributed by atoms with Gasteiger partial charge in [0.05, 0.1) is 6.07 Å². The molecule has 3 rings (SSSR count). The SMILES string of the molecule is CC1CC(C#N)(N2CCCCC2)CN1Cc1ccccc1. The summed E-state index contributed by atoms with van der Waals surface area (Å²) < 4.78 is 0. The van der Waals surface area contributed by atoms with Gasteiger partial charge in [0.2, 0.25) is 0 Å². The zero-order chi connectivity index (χ0) is 14.7. The van der Waals surface area contributed by atoms with Gasteiger partial charge in [-0.1, -0.05) is 36.8 Å². The molecule has 0 saturated carbocycles. The lowest BCUT2D eigenvalue weighted by Gasteiger charge is -2.38. The van der Waals surface area contributed by atoms with Crippen LogP contribution in [-0.4, -0.2) is 41.0 Å². The Hall–Kier alpha value is -1.37. The zero-order valence-electron chi connectivity index (χ0n) is 13.0. The monoisotopic (exact) mass is 283 g/mol. The number of hydrogen-bond donors (Lipinski definition) is 0. The van der Waals surface area contributed by atoms with Crippen LogP contribution in [0.3, 0.4) is 0 Å². The van der Waals surface area contributed by atoms with Crippen molar-refractivity contribution in [3.05, 3.63) is 35.9 Å². The van der Waals surface area contributed by atoms with Gasteiger partial charge >= 0.3 is 0 Å². The fourth-order valence-corrected chi connectivity index (χ4v) is 3.91. The van der Waals surface area contributed by atoms with Crippen LogP contribution in [0.5, 0.6) is 0 Å². The van der Waals surface area contributed by atoms with Crippen molar-refractivity contribution in [2.24, 2.45) is 0 Å². The molecule has 1 aromatic rings. The summed E-state index contributed by atoms with van der Waals surface area (Å²) in [5.41, 5.74) is 1.09. The van der Waals surface area contributed by atoms with Crippen LogP contribution in [-0.2, 0) is 6.54 Å². The number of piperidine rings is 1. The fourth-order valence-electron chi connectivity index (χ4n) is 3.91. The summed E-state index contributed by atoms with van der Waals surface area (Å²) in [6.07, 6.45) is 4.80. The molecule has 0 bridgehead atoms. The van der Waals surface area contributed by atoms with Crippen LogP contribution in [0.1, 0.15) is 38.2 Å². The molecule has 0 N–H and O–H groups in total. The third-order valence-corrected chi connectivity index (χ3v) is 5.12. The van der Waals surface area contributed by atoms with Crippen molar-refractivity contribution in [1.82, 2.24) is 9.80 Å². The van der Waals surface area contributed by atoms with Gasteiger partial charge in [-0.3, -0.25) is 9.80 Å². The summed E-state index contributed by atoms with van der Waals surface area (Å²) in [6.45, 7) is 6.31. The van der Waals surface area contributed by atoms with E-state index in [1.54, 1.807) is 0 Å². The maximum absolute atomic E-state index is 9.85. The first kappa shape index (κ1) is 14.6. The van der Waals surface area contributed by atoms with Gasteiger partial charge in [-0.15, -0.1) is 0 Å². The number of hydrogen-bond acceptors (Lipinski definition) is 3. The van der Waals surface area contributed by atoms with Gasteiger partial charge in [0.15, 0.2) is 0 Å². The highest BCUT2D eigenvalue weighted by molar-refractivity contribution is 5.19. The van der Waals surface area contributed by atoms with E-state index in [2.05, 4.69) is 53.1 Å². The Morgan fingerprint density at radius 2 is 1.90 bits per heavy atom. The molecule has 2 aliphatic rings. The topological polar surface area (TPSA) is 30.3 Å². The third-order valence-electron chi connectivity index (χ3n) is 5.12. The van der Waals surface area contributed by atoms with Crippen molar-refractivity contribution in [2.45, 2.75) is 50.7 Å². The Kier molecular flexibility index (Phi) is 4.28. The van der Waals surface area contributed by atoms with Gasteiger partial charge in [0, 0.05) is 19.1 Å². The molecule has 0 aromatic heterocycles. The summed E-state index contributed by atoms with van der Waals surface area (Å²) in [7, 11) is 0. The maximum atomic E-state index is 9.85. The lowest BCUT2D eigenvalue weighted by Crippen LogP contribution is -2.51. The molecule has 0 amide bonds. The summed E-state index contributed by atoms with van der Waals surface area (Å²) in [5.74, 6) is 0. The second kappa shape index (κ2) is 6.17. The Balaban J connectivity index is 1.73. The number of nitrogens with zero attached hydrogens (tertiary/aromatic N) is 3. The molecule has 21 heavy (non-hydrogen) atoms. The molecular formula is C18H25N3. The normalized spacial score (nSPS) is 31.1. The molecule has 3 heteroatoms. The second-order valence-electron chi connectivity index (χ2n) is 6.63. The van der Waals surface area contributed by atoms with Crippen molar-refractivity contribution in [3.8, 4) is 6.07 Å². The van der Waals surface area contributed by atoms with Crippen molar-refractivity contribution in [2.75, 3.05) is 19.6 Å². The van der Waals surface area contributed by atoms with Crippen molar-refractivity contribution < 1.29 is 0 Å². The van der Waals surface area contributed by atoms with E-state index >= 15 is 0 Å². The van der Waals surface area contributed by atoms with Crippen LogP contribution in [0.25, 0.3) is 0 Å². The summed E-state index contributed by atoms with van der Waals surface area (Å²) >= 11 is 0. The Morgan fingerprint density at radius 1 is 1.19 bits per heavy atom. The molecule has 1 aromatic carbocycles. The van der Waals surface area contributed by atoms with Crippen LogP contribution in [0, 0.1) is 11.3 Å². The zero-order valence-corrected chi connectivity index (χ0v) is 13.0. The van der Waals surface area contributed by atoms with Crippen LogP contribution in [0.15, 0.2) is 30.3 Å². The van der Waals surface area contributed by atoms with E-state index < -0.39 is 0 Å². The fraction of sp³-hybridized carbons (Fsp3) is 0.611. The van der Waals surface area contributed by atoms with Crippen molar-refractivity contribution in [1.29, 1.82) is 5.26 Å². The number of benzene rings is 1. The number of rotatable bonds is 3. The Bertz CT molecular complexity index is 501. The first-order valence-electron chi connectivity index (χ1n) is 8.18. The van der Waals surface area contributed by atoms with E-state index in [0.717, 1.165) is 32.6 Å². The Labute approximate surface area is 128 Å². The molecule has 112 valence electrons. The Morgan fingerprint density at radius 3 is 2.57 bits per heavy atom. The molecule has 2 atom stereocenters. The van der Waals surface area contributed by atoms with Gasteiger partial charge in [0.25, 0.3) is 0 Å². The van der Waals surface area contributed by atoms with Crippen molar-refractivity contribution >= 4 is 0 Å². The van der Waals surface area contributed by atoms with E-state index in [1.165, 1.54) is 24.8 Å². The summed E-state index contributed by atoms with van der Waals surface area (Å²) in [5, 5.41) is 9.85. The minimum Gasteiger partial charge on any atom is -0.293 e. The third kappa shape index (κ3) is 2.97. The second-order valence-corrected chi connectivity index (χ2v) is 6.63. The van der Waals surface area contributed by atoms with E-state index in [1.807, 2.05) is 0 Å². The van der Waals surface area contributed by atoms with E-state index in [4.69, 9.17) is 0 Å². The molecule has 2 fully saturated rings. The molecule has 0 radical (unpaired) electrons. The quantitative estimate of drug-likeness (QED) is 0.854. The van der Waals surface area contributed by atoms with Crippen LogP contribution in [0.2, 0.25) is 0 Å². The summed E-state index contributed by atoms with van der Waals surface area (Å²) in [4.78, 5) is 4.94. The minimum atomic E-state index is -0.255. The highest BCUT2D eigenvalue weighted by Crippen LogP contribution is 2.34. The lowest BCUT2D eigenvalue weighted by molar-refractivity contribution is 0.113. The van der Waals surface area contributed by atoms with Gasteiger partial charge in [-0.2, -0.15) is 5.26 Å². The molecule has 0 spiro atoms. The van der Waals surface area contributed by atoms with Crippen LogP contribution < -0.4 is 0 Å². The van der Waals surface area contributed by atoms with Gasteiger partial charge in [-0.25, -0.2) is 0 Å². The highest BCUT2D eigenvalue weighted by atomic mass is 15.3. The first-order valence-corrected chi connectivity index (χ1v) is 8.18. The molecule has 0 aliphatic carbocycles. The molecule has 2 heterocycles. The predicted molar refractivity (Wildman–Crippen MR) is 84.7 cm³/mol. The maximum Gasteiger partial charge on any atom is 0.123 e. The molecule has 2 unspecified atom stereocenters. The van der Waals surface area contributed by atoms with E-state index in [0.29, 0.717) is 6.04 Å². The van der Waals surface area contributed by atoms with Gasteiger partial charge in [-0.05, 0) is 44.8 Å². The summed E-state index contributed by atoms with van der Waals surface area (Å²) in [6, 6.07) is 13.8. The highest BCUT2D eigenvalue weighted by Gasteiger charge is 2.46. The number of nitriles is 1. The minimum absolute atomic E-state index is 0.255. The lowest BCUT2D eigenvalue weighted by atomic mass is 9.93. The standard InChI is InChI=1S/C18H25N3/c1-16-12-18(14-19,21-10-6-3-7-11-21)15-20(16)13-17-8-4-2-5-9-17/h2,4-5,8-9,16H,3,6-7,10-13,15H2,1H3. The van der Waals surface area contributed by atoms with E-state index in [9.17, 15) is 5.26 Å². The number of likely N-dealkylation sites (tertiary alicyclic amines) is 2. The predicted octanol–water partition coefficient (Wildman–Crippen LogP) is 3.03. The molecule has 2 aliphatic heterocycles.